The van der Waals surface area contributed by atoms with Crippen LogP contribution in [-0.2, 0) is 0 Å². The first-order valence-electron chi connectivity index (χ1n) is 5.61. The Morgan fingerprint density at radius 3 is 2.24 bits per heavy atom. The first kappa shape index (κ1) is 14.8. The molecule has 1 rings (SSSR count). The quantitative estimate of drug-likeness (QED) is 0.435. The fraction of sp³-hybridized carbons (Fsp3) is 0.429. The molecule has 0 aromatic heterocycles. The van der Waals surface area contributed by atoms with E-state index in [-0.39, 0.29) is 5.04 Å². The molecule has 0 bridgehead atoms. The van der Waals surface area contributed by atoms with Crippen LogP contribution in [0, 0.1) is 11.5 Å². The zero-order valence-electron chi connectivity index (χ0n) is 11.0. The molecule has 0 saturated carbocycles. The van der Waals surface area contributed by atoms with Crippen LogP contribution in [0.5, 0.6) is 0 Å². The number of rotatable bonds is 0. The maximum Gasteiger partial charge on any atom is 0.138 e. The van der Waals surface area contributed by atoms with E-state index in [4.69, 9.17) is 11.6 Å². The van der Waals surface area contributed by atoms with Crippen molar-refractivity contribution in [3.8, 4) is 11.5 Å². The summed E-state index contributed by atoms with van der Waals surface area (Å²) in [6, 6.07) is 5.79. The predicted molar refractivity (Wildman–Crippen MR) is 83.2 cm³/mol. The van der Waals surface area contributed by atoms with Crippen molar-refractivity contribution in [3.05, 3.63) is 33.3 Å². The standard InChI is InChI=1S/C14H18BrClSi/c1-14(2,3)17(4,5)7-6-11-8-12(15)10-13(16)9-11/h8-10H,1-5H3. The Labute approximate surface area is 119 Å². The summed E-state index contributed by atoms with van der Waals surface area (Å²) < 4.78 is 0.976. The Morgan fingerprint density at radius 2 is 1.76 bits per heavy atom. The highest BCUT2D eigenvalue weighted by atomic mass is 79.9. The minimum atomic E-state index is -1.54. The van der Waals surface area contributed by atoms with Gasteiger partial charge in [-0.3, -0.25) is 0 Å². The van der Waals surface area contributed by atoms with Crippen LogP contribution < -0.4 is 0 Å². The summed E-state index contributed by atoms with van der Waals surface area (Å²) in [5.41, 5.74) is 4.46. The second-order valence-electron chi connectivity index (χ2n) is 5.78. The molecule has 92 valence electrons. The first-order valence-corrected chi connectivity index (χ1v) is 9.78. The van der Waals surface area contributed by atoms with Crippen LogP contribution in [0.25, 0.3) is 0 Å². The van der Waals surface area contributed by atoms with Crippen molar-refractivity contribution in [2.75, 3.05) is 0 Å². The molecular weight excluding hydrogens is 312 g/mol. The Kier molecular flexibility index (Phi) is 4.52. The van der Waals surface area contributed by atoms with Gasteiger partial charge in [0.25, 0.3) is 0 Å². The van der Waals surface area contributed by atoms with Crippen LogP contribution in [0.1, 0.15) is 26.3 Å². The smallest absolute Gasteiger partial charge is 0.126 e. The van der Waals surface area contributed by atoms with Gasteiger partial charge in [-0.1, -0.05) is 67.3 Å². The summed E-state index contributed by atoms with van der Waals surface area (Å²) >= 11 is 9.44. The molecular formula is C14H18BrClSi. The molecule has 0 atom stereocenters. The average molecular weight is 330 g/mol. The highest BCUT2D eigenvalue weighted by Gasteiger charge is 2.33. The van der Waals surface area contributed by atoms with E-state index < -0.39 is 8.07 Å². The van der Waals surface area contributed by atoms with Crippen LogP contribution in [0.15, 0.2) is 22.7 Å². The molecule has 0 N–H and O–H groups in total. The largest absolute Gasteiger partial charge is 0.138 e. The van der Waals surface area contributed by atoms with E-state index >= 15 is 0 Å². The van der Waals surface area contributed by atoms with Gasteiger partial charge in [0.2, 0.25) is 0 Å². The van der Waals surface area contributed by atoms with Gasteiger partial charge in [0.1, 0.15) is 8.07 Å². The molecule has 0 spiro atoms. The lowest BCUT2D eigenvalue weighted by Gasteiger charge is -2.31. The number of hydrogen-bond acceptors (Lipinski definition) is 0. The molecule has 0 nitrogen and oxygen atoms in total. The maximum absolute atomic E-state index is 6.00. The van der Waals surface area contributed by atoms with Crippen LogP contribution in [-0.4, -0.2) is 8.07 Å². The predicted octanol–water partition coefficient (Wildman–Crippen LogP) is 5.50. The minimum Gasteiger partial charge on any atom is -0.126 e. The summed E-state index contributed by atoms with van der Waals surface area (Å²) in [7, 11) is -1.54. The molecule has 0 heterocycles. The number of benzene rings is 1. The van der Waals surface area contributed by atoms with Crippen molar-refractivity contribution in [2.24, 2.45) is 0 Å². The van der Waals surface area contributed by atoms with Crippen molar-refractivity contribution >= 4 is 35.6 Å². The molecule has 0 fully saturated rings. The van der Waals surface area contributed by atoms with Crippen molar-refractivity contribution in [1.29, 1.82) is 0 Å². The molecule has 0 saturated heterocycles. The molecule has 0 radical (unpaired) electrons. The van der Waals surface area contributed by atoms with E-state index in [1.807, 2.05) is 18.2 Å². The topological polar surface area (TPSA) is 0 Å². The monoisotopic (exact) mass is 328 g/mol. The maximum atomic E-state index is 6.00. The van der Waals surface area contributed by atoms with Crippen molar-refractivity contribution in [2.45, 2.75) is 38.9 Å². The lowest BCUT2D eigenvalue weighted by molar-refractivity contribution is 0.731. The molecule has 1 aromatic carbocycles. The van der Waals surface area contributed by atoms with Crippen LogP contribution in [0.4, 0.5) is 0 Å². The van der Waals surface area contributed by atoms with E-state index in [0.717, 1.165) is 15.1 Å². The Hall–Kier alpha value is -0.233. The summed E-state index contributed by atoms with van der Waals surface area (Å²) in [6.45, 7) is 11.4. The van der Waals surface area contributed by atoms with Gasteiger partial charge in [-0.25, -0.2) is 0 Å². The van der Waals surface area contributed by atoms with E-state index in [9.17, 15) is 0 Å². The number of hydrogen-bond donors (Lipinski definition) is 0. The van der Waals surface area contributed by atoms with E-state index in [1.54, 1.807) is 0 Å². The molecule has 0 aliphatic heterocycles. The zero-order valence-corrected chi connectivity index (χ0v) is 14.3. The zero-order chi connectivity index (χ0) is 13.3. The molecule has 0 amide bonds. The fourth-order valence-electron chi connectivity index (χ4n) is 1.04. The Morgan fingerprint density at radius 1 is 1.18 bits per heavy atom. The highest BCUT2D eigenvalue weighted by molar-refractivity contribution is 9.10. The highest BCUT2D eigenvalue weighted by Crippen LogP contribution is 2.35. The first-order chi connectivity index (χ1) is 7.62. The summed E-state index contributed by atoms with van der Waals surface area (Å²) in [5.74, 6) is 3.27. The minimum absolute atomic E-state index is 0.288. The summed E-state index contributed by atoms with van der Waals surface area (Å²) in [5, 5.41) is 1.01. The van der Waals surface area contributed by atoms with Crippen molar-refractivity contribution < 1.29 is 0 Å². The van der Waals surface area contributed by atoms with Gasteiger partial charge < -0.3 is 0 Å². The molecule has 0 aliphatic carbocycles. The molecule has 0 aliphatic rings. The van der Waals surface area contributed by atoms with E-state index in [2.05, 4.69) is 61.3 Å². The third-order valence-electron chi connectivity index (χ3n) is 3.26. The number of halogens is 2. The van der Waals surface area contributed by atoms with Gasteiger partial charge in [0.15, 0.2) is 0 Å². The average Bonchev–Trinajstić information content (AvgIpc) is 2.11. The van der Waals surface area contributed by atoms with E-state index in [1.165, 1.54) is 0 Å². The SMILES string of the molecule is CC(C)(C)[Si](C)(C)C#Cc1cc(Cl)cc(Br)c1. The van der Waals surface area contributed by atoms with Gasteiger partial charge in [0, 0.05) is 15.1 Å². The molecule has 17 heavy (non-hydrogen) atoms. The summed E-state index contributed by atoms with van der Waals surface area (Å²) in [6.07, 6.45) is 0. The molecule has 0 unspecified atom stereocenters. The van der Waals surface area contributed by atoms with Crippen molar-refractivity contribution in [3.63, 3.8) is 0 Å². The third-order valence-corrected chi connectivity index (χ3v) is 8.43. The lowest BCUT2D eigenvalue weighted by Crippen LogP contribution is -2.35. The van der Waals surface area contributed by atoms with Crippen LogP contribution in [0.2, 0.25) is 23.2 Å². The third kappa shape index (κ3) is 4.17. The lowest BCUT2D eigenvalue weighted by atomic mass is 10.2. The van der Waals surface area contributed by atoms with Crippen LogP contribution in [0.3, 0.4) is 0 Å². The van der Waals surface area contributed by atoms with E-state index in [0.29, 0.717) is 0 Å². The molecule has 1 aromatic rings. The van der Waals surface area contributed by atoms with Gasteiger partial charge >= 0.3 is 0 Å². The fourth-order valence-corrected chi connectivity index (χ4v) is 2.73. The Bertz CT molecular complexity index is 455. The normalized spacial score (nSPS) is 11.9. The summed E-state index contributed by atoms with van der Waals surface area (Å²) in [4.78, 5) is 0. The van der Waals surface area contributed by atoms with Gasteiger partial charge in [0.05, 0.1) is 0 Å². The van der Waals surface area contributed by atoms with Crippen molar-refractivity contribution in [1.82, 2.24) is 0 Å². The van der Waals surface area contributed by atoms with Gasteiger partial charge in [-0.05, 0) is 23.2 Å². The van der Waals surface area contributed by atoms with Gasteiger partial charge in [-0.2, -0.15) is 0 Å². The second kappa shape index (κ2) is 5.18. The van der Waals surface area contributed by atoms with Crippen LogP contribution >= 0.6 is 27.5 Å². The second-order valence-corrected chi connectivity index (χ2v) is 12.1. The van der Waals surface area contributed by atoms with Gasteiger partial charge in [-0.15, -0.1) is 5.54 Å². The Balaban J connectivity index is 3.07. The molecule has 3 heteroatoms.